The summed E-state index contributed by atoms with van der Waals surface area (Å²) >= 11 is 0. The molecule has 1 aliphatic rings. The first-order valence-electron chi connectivity index (χ1n) is 4.32. The van der Waals surface area contributed by atoms with Crippen molar-refractivity contribution in [1.29, 1.82) is 0 Å². The number of aliphatic hydroxyl groups is 1. The van der Waals surface area contributed by atoms with E-state index in [0.717, 1.165) is 0 Å². The zero-order chi connectivity index (χ0) is 10.0. The summed E-state index contributed by atoms with van der Waals surface area (Å²) in [6, 6.07) is -1.03. The molecule has 2 N–H and O–H groups in total. The van der Waals surface area contributed by atoms with Crippen LogP contribution in [-0.4, -0.2) is 40.6 Å². The van der Waals surface area contributed by atoms with Gasteiger partial charge in [0.1, 0.15) is 6.04 Å². The van der Waals surface area contributed by atoms with Crippen LogP contribution in [0.3, 0.4) is 0 Å². The van der Waals surface area contributed by atoms with Crippen LogP contribution in [0, 0.1) is 0 Å². The lowest BCUT2D eigenvalue weighted by molar-refractivity contribution is -0.128. The van der Waals surface area contributed by atoms with Gasteiger partial charge in [0, 0.05) is 12.6 Å². The van der Waals surface area contributed by atoms with Crippen LogP contribution >= 0.6 is 0 Å². The molecule has 2 unspecified atom stereocenters. The third-order valence-corrected chi connectivity index (χ3v) is 2.15. The van der Waals surface area contributed by atoms with Crippen LogP contribution in [0.25, 0.3) is 0 Å². The monoisotopic (exact) mass is 186 g/mol. The predicted molar refractivity (Wildman–Crippen MR) is 46.0 cm³/mol. The molecular weight excluding hydrogens is 172 g/mol. The molecule has 0 aliphatic carbocycles. The van der Waals surface area contributed by atoms with E-state index < -0.39 is 6.04 Å². The molecule has 5 nitrogen and oxygen atoms in total. The molecule has 2 atom stereocenters. The van der Waals surface area contributed by atoms with Gasteiger partial charge in [-0.15, -0.1) is 0 Å². The number of rotatable bonds is 3. The maximum atomic E-state index is 11.4. The Morgan fingerprint density at radius 3 is 2.62 bits per heavy atom. The molecule has 0 aromatic carbocycles. The van der Waals surface area contributed by atoms with E-state index in [-0.39, 0.29) is 24.6 Å². The molecule has 0 aromatic rings. The molecule has 0 bridgehead atoms. The van der Waals surface area contributed by atoms with E-state index in [1.165, 1.54) is 4.90 Å². The van der Waals surface area contributed by atoms with Gasteiger partial charge >= 0.3 is 6.03 Å². The minimum Gasteiger partial charge on any atom is -0.396 e. The van der Waals surface area contributed by atoms with Crippen LogP contribution in [0.5, 0.6) is 0 Å². The lowest BCUT2D eigenvalue weighted by atomic mass is 10.2. The number of aliphatic hydroxyl groups excluding tert-OH is 1. The molecule has 1 aliphatic heterocycles. The molecule has 0 spiro atoms. The average Bonchev–Trinajstić information content (AvgIpc) is 2.27. The Morgan fingerprint density at radius 2 is 2.23 bits per heavy atom. The average molecular weight is 186 g/mol. The summed E-state index contributed by atoms with van der Waals surface area (Å²) in [4.78, 5) is 23.8. The van der Waals surface area contributed by atoms with E-state index in [2.05, 4.69) is 5.32 Å². The minimum atomic E-state index is -0.436. The second-order valence-electron chi connectivity index (χ2n) is 3.24. The fraction of sp³-hybridized carbons (Fsp3) is 0.750. The Labute approximate surface area is 76.7 Å². The van der Waals surface area contributed by atoms with Crippen LogP contribution in [0.2, 0.25) is 0 Å². The Bertz CT molecular complexity index is 229. The van der Waals surface area contributed by atoms with Crippen LogP contribution in [0.4, 0.5) is 4.79 Å². The van der Waals surface area contributed by atoms with Crippen molar-refractivity contribution in [2.75, 3.05) is 6.61 Å². The molecule has 0 saturated carbocycles. The van der Waals surface area contributed by atoms with Crippen LogP contribution in [0.1, 0.15) is 20.3 Å². The number of hydrogen-bond acceptors (Lipinski definition) is 3. The van der Waals surface area contributed by atoms with Crippen LogP contribution in [-0.2, 0) is 4.79 Å². The van der Waals surface area contributed by atoms with Crippen molar-refractivity contribution in [3.63, 3.8) is 0 Å². The van der Waals surface area contributed by atoms with E-state index in [1.54, 1.807) is 13.8 Å². The molecule has 1 heterocycles. The summed E-state index contributed by atoms with van der Waals surface area (Å²) in [6.45, 7) is 3.37. The minimum absolute atomic E-state index is 0.0212. The summed E-state index contributed by atoms with van der Waals surface area (Å²) in [5.41, 5.74) is 0. The summed E-state index contributed by atoms with van der Waals surface area (Å²) in [6.07, 6.45) is 0.423. The van der Waals surface area contributed by atoms with Crippen molar-refractivity contribution < 1.29 is 14.7 Å². The molecule has 1 rings (SSSR count). The molecule has 0 aromatic heterocycles. The summed E-state index contributed by atoms with van der Waals surface area (Å²) in [5, 5.41) is 11.2. The van der Waals surface area contributed by atoms with Crippen molar-refractivity contribution in [3.8, 4) is 0 Å². The second kappa shape index (κ2) is 3.74. The molecule has 0 radical (unpaired) electrons. The molecule has 1 saturated heterocycles. The van der Waals surface area contributed by atoms with Gasteiger partial charge in [-0.3, -0.25) is 9.69 Å². The highest BCUT2D eigenvalue weighted by molar-refractivity contribution is 6.04. The lowest BCUT2D eigenvalue weighted by Gasteiger charge is -2.20. The summed E-state index contributed by atoms with van der Waals surface area (Å²) < 4.78 is 0. The standard InChI is InChI=1S/C8H14N2O3/c1-5(3-4-11)10-7(12)6(2)9-8(10)13/h5-6,11H,3-4H2,1-2H3,(H,9,13). The molecule has 3 amide bonds. The van der Waals surface area contributed by atoms with Crippen molar-refractivity contribution in [3.05, 3.63) is 0 Å². The Kier molecular flexibility index (Phi) is 2.87. The van der Waals surface area contributed by atoms with Crippen LogP contribution < -0.4 is 5.32 Å². The highest BCUT2D eigenvalue weighted by atomic mass is 16.3. The number of nitrogens with zero attached hydrogens (tertiary/aromatic N) is 1. The van der Waals surface area contributed by atoms with E-state index in [1.807, 2.05) is 0 Å². The van der Waals surface area contributed by atoms with Crippen molar-refractivity contribution in [2.24, 2.45) is 0 Å². The first-order chi connectivity index (χ1) is 6.07. The molecular formula is C8H14N2O3. The third kappa shape index (κ3) is 1.80. The van der Waals surface area contributed by atoms with Gasteiger partial charge < -0.3 is 10.4 Å². The number of hydrogen-bond donors (Lipinski definition) is 2. The van der Waals surface area contributed by atoms with Gasteiger partial charge in [-0.1, -0.05) is 0 Å². The topological polar surface area (TPSA) is 69.6 Å². The highest BCUT2D eigenvalue weighted by Crippen LogP contribution is 2.12. The maximum absolute atomic E-state index is 11.4. The third-order valence-electron chi connectivity index (χ3n) is 2.15. The van der Waals surface area contributed by atoms with E-state index >= 15 is 0 Å². The van der Waals surface area contributed by atoms with Crippen LogP contribution in [0.15, 0.2) is 0 Å². The normalized spacial score (nSPS) is 24.8. The number of amides is 3. The summed E-state index contributed by atoms with van der Waals surface area (Å²) in [7, 11) is 0. The zero-order valence-electron chi connectivity index (χ0n) is 7.78. The molecule has 1 fully saturated rings. The van der Waals surface area contributed by atoms with Gasteiger partial charge in [0.25, 0.3) is 5.91 Å². The first-order valence-corrected chi connectivity index (χ1v) is 4.32. The van der Waals surface area contributed by atoms with E-state index in [4.69, 9.17) is 5.11 Å². The van der Waals surface area contributed by atoms with Crippen molar-refractivity contribution in [1.82, 2.24) is 10.2 Å². The predicted octanol–water partition coefficient (Wildman–Crippen LogP) is -0.302. The number of urea groups is 1. The first kappa shape index (κ1) is 9.98. The largest absolute Gasteiger partial charge is 0.396 e. The Balaban J connectivity index is 2.68. The lowest BCUT2D eigenvalue weighted by Crippen LogP contribution is -2.39. The van der Waals surface area contributed by atoms with Gasteiger partial charge in [-0.25, -0.2) is 4.79 Å². The maximum Gasteiger partial charge on any atom is 0.325 e. The second-order valence-corrected chi connectivity index (χ2v) is 3.24. The van der Waals surface area contributed by atoms with Gasteiger partial charge in [-0.05, 0) is 20.3 Å². The van der Waals surface area contributed by atoms with Gasteiger partial charge in [0.05, 0.1) is 0 Å². The highest BCUT2D eigenvalue weighted by Gasteiger charge is 2.37. The Morgan fingerprint density at radius 1 is 1.62 bits per heavy atom. The van der Waals surface area contributed by atoms with Gasteiger partial charge in [-0.2, -0.15) is 0 Å². The molecule has 13 heavy (non-hydrogen) atoms. The number of carbonyl (C=O) groups excluding carboxylic acids is 2. The number of carbonyl (C=O) groups is 2. The quantitative estimate of drug-likeness (QED) is 0.594. The van der Waals surface area contributed by atoms with E-state index in [9.17, 15) is 9.59 Å². The van der Waals surface area contributed by atoms with Crippen molar-refractivity contribution >= 4 is 11.9 Å². The molecule has 5 heteroatoms. The number of nitrogens with one attached hydrogen (secondary N) is 1. The molecule has 74 valence electrons. The smallest absolute Gasteiger partial charge is 0.325 e. The fourth-order valence-corrected chi connectivity index (χ4v) is 1.36. The van der Waals surface area contributed by atoms with E-state index in [0.29, 0.717) is 6.42 Å². The van der Waals surface area contributed by atoms with Gasteiger partial charge in [0.2, 0.25) is 0 Å². The zero-order valence-corrected chi connectivity index (χ0v) is 7.78. The fourth-order valence-electron chi connectivity index (χ4n) is 1.36. The number of imide groups is 1. The summed E-state index contributed by atoms with van der Waals surface area (Å²) in [5.74, 6) is -0.217. The van der Waals surface area contributed by atoms with Gasteiger partial charge in [0.15, 0.2) is 0 Å². The Hall–Kier alpha value is -1.10. The SMILES string of the molecule is CC1NC(=O)N(C(C)CCO)C1=O. The van der Waals surface area contributed by atoms with Crippen molar-refractivity contribution in [2.45, 2.75) is 32.4 Å².